The van der Waals surface area contributed by atoms with E-state index in [1.165, 1.54) is 0 Å². The fourth-order valence-corrected chi connectivity index (χ4v) is 4.73. The summed E-state index contributed by atoms with van der Waals surface area (Å²) < 4.78 is 30.6. The van der Waals surface area contributed by atoms with Gasteiger partial charge in [0.2, 0.25) is 0 Å². The molecule has 0 saturated heterocycles. The molecule has 0 unspecified atom stereocenters. The van der Waals surface area contributed by atoms with Crippen molar-refractivity contribution in [3.05, 3.63) is 77.0 Å². The lowest BCUT2D eigenvalue weighted by atomic mass is 10.1. The fourth-order valence-electron chi connectivity index (χ4n) is 2.84. The van der Waals surface area contributed by atoms with Crippen LogP contribution < -0.4 is 5.30 Å². The van der Waals surface area contributed by atoms with Crippen molar-refractivity contribution in [2.24, 2.45) is 0 Å². The van der Waals surface area contributed by atoms with Gasteiger partial charge in [-0.3, -0.25) is 4.57 Å². The summed E-state index contributed by atoms with van der Waals surface area (Å²) in [6.07, 6.45) is 0.583. The van der Waals surface area contributed by atoms with Crippen LogP contribution >= 0.6 is 19.2 Å². The first-order valence-electron chi connectivity index (χ1n) is 8.88. The van der Waals surface area contributed by atoms with Crippen LogP contribution in [0.2, 0.25) is 5.02 Å². The first-order chi connectivity index (χ1) is 13.1. The molecule has 6 heteroatoms. The predicted octanol–water partition coefficient (Wildman–Crippen LogP) is 6.08. The molecule has 4 nitrogen and oxygen atoms in total. The number of furan rings is 1. The van der Waals surface area contributed by atoms with E-state index in [9.17, 15) is 4.57 Å². The van der Waals surface area contributed by atoms with E-state index in [1.54, 1.807) is 32.0 Å². The molecule has 3 rings (SSSR count). The lowest BCUT2D eigenvalue weighted by molar-refractivity contribution is 0.230. The zero-order chi connectivity index (χ0) is 19.3. The Labute approximate surface area is 164 Å². The van der Waals surface area contributed by atoms with Crippen LogP contribution in [0.1, 0.15) is 25.2 Å². The lowest BCUT2D eigenvalue weighted by Gasteiger charge is -2.16. The molecule has 0 atom stereocenters. The van der Waals surface area contributed by atoms with Gasteiger partial charge in [0.15, 0.2) is 0 Å². The van der Waals surface area contributed by atoms with Crippen molar-refractivity contribution in [2.45, 2.75) is 20.3 Å². The van der Waals surface area contributed by atoms with Crippen LogP contribution in [0, 0.1) is 0 Å². The molecule has 27 heavy (non-hydrogen) atoms. The molecule has 0 aliphatic rings. The number of halogens is 1. The Balaban J connectivity index is 2.08. The van der Waals surface area contributed by atoms with Crippen LogP contribution in [0.25, 0.3) is 11.3 Å². The SMILES string of the molecule is CCOP(=O)(OCC)c1cc(Cc2ccccc2)oc1-c1ccc(Cl)cc1. The van der Waals surface area contributed by atoms with E-state index in [0.717, 1.165) is 11.1 Å². The Morgan fingerprint density at radius 2 is 1.59 bits per heavy atom. The minimum absolute atomic E-state index is 0.274. The third-order valence-corrected chi connectivity index (χ3v) is 6.35. The molecular formula is C21H22ClO4P. The monoisotopic (exact) mass is 404 g/mol. The largest absolute Gasteiger partial charge is 0.460 e. The smallest absolute Gasteiger partial charge is 0.365 e. The maximum Gasteiger partial charge on any atom is 0.365 e. The molecule has 0 N–H and O–H groups in total. The van der Waals surface area contributed by atoms with Crippen molar-refractivity contribution in [3.8, 4) is 11.3 Å². The van der Waals surface area contributed by atoms with Gasteiger partial charge >= 0.3 is 7.60 Å². The highest BCUT2D eigenvalue weighted by molar-refractivity contribution is 7.62. The summed E-state index contributed by atoms with van der Waals surface area (Å²) in [5, 5.41) is 1.06. The summed E-state index contributed by atoms with van der Waals surface area (Å²) in [6.45, 7) is 4.13. The zero-order valence-corrected chi connectivity index (χ0v) is 17.0. The summed E-state index contributed by atoms with van der Waals surface area (Å²) in [4.78, 5) is 0. The van der Waals surface area contributed by atoms with Crippen molar-refractivity contribution < 1.29 is 18.0 Å². The van der Waals surface area contributed by atoms with Crippen molar-refractivity contribution >= 4 is 24.5 Å². The van der Waals surface area contributed by atoms with Gasteiger partial charge in [-0.05, 0) is 49.7 Å². The van der Waals surface area contributed by atoms with Crippen LogP contribution in [-0.2, 0) is 20.0 Å². The summed E-state index contributed by atoms with van der Waals surface area (Å²) in [5.74, 6) is 1.18. The van der Waals surface area contributed by atoms with Gasteiger partial charge in [-0.25, -0.2) is 0 Å². The highest BCUT2D eigenvalue weighted by Gasteiger charge is 2.33. The Bertz CT molecular complexity index is 909. The highest BCUT2D eigenvalue weighted by Crippen LogP contribution is 2.50. The van der Waals surface area contributed by atoms with Gasteiger partial charge in [-0.2, -0.15) is 0 Å². The topological polar surface area (TPSA) is 48.7 Å². The lowest BCUT2D eigenvalue weighted by Crippen LogP contribution is -2.11. The van der Waals surface area contributed by atoms with Crippen LogP contribution in [0.3, 0.4) is 0 Å². The van der Waals surface area contributed by atoms with Gasteiger partial charge in [-0.15, -0.1) is 0 Å². The molecule has 3 aromatic rings. The van der Waals surface area contributed by atoms with Gasteiger partial charge in [0, 0.05) is 17.0 Å². The van der Waals surface area contributed by atoms with Crippen molar-refractivity contribution in [1.82, 2.24) is 0 Å². The molecule has 0 spiro atoms. The summed E-state index contributed by atoms with van der Waals surface area (Å²) in [5.41, 5.74) is 1.87. The zero-order valence-electron chi connectivity index (χ0n) is 15.4. The van der Waals surface area contributed by atoms with Crippen molar-refractivity contribution in [1.29, 1.82) is 0 Å². The second-order valence-electron chi connectivity index (χ2n) is 5.93. The van der Waals surface area contributed by atoms with Crippen LogP contribution in [-0.4, -0.2) is 13.2 Å². The molecule has 0 radical (unpaired) electrons. The van der Waals surface area contributed by atoms with Crippen LogP contribution in [0.5, 0.6) is 0 Å². The van der Waals surface area contributed by atoms with Gasteiger partial charge in [-0.1, -0.05) is 41.9 Å². The predicted molar refractivity (Wildman–Crippen MR) is 109 cm³/mol. The average molecular weight is 405 g/mol. The second-order valence-corrected chi connectivity index (χ2v) is 8.36. The van der Waals surface area contributed by atoms with Gasteiger partial charge in [0.25, 0.3) is 0 Å². The normalized spacial score (nSPS) is 11.7. The van der Waals surface area contributed by atoms with Gasteiger partial charge in [0.1, 0.15) is 16.8 Å². The Morgan fingerprint density at radius 1 is 0.963 bits per heavy atom. The highest BCUT2D eigenvalue weighted by atomic mass is 35.5. The summed E-state index contributed by atoms with van der Waals surface area (Å²) >= 11 is 6.01. The quantitative estimate of drug-likeness (QED) is 0.427. The molecular weight excluding hydrogens is 383 g/mol. The van der Waals surface area contributed by atoms with E-state index in [2.05, 4.69) is 0 Å². The molecule has 0 amide bonds. The molecule has 0 saturated carbocycles. The van der Waals surface area contributed by atoms with Gasteiger partial charge in [0.05, 0.1) is 13.2 Å². The minimum atomic E-state index is -3.50. The van der Waals surface area contributed by atoms with E-state index < -0.39 is 7.60 Å². The molecule has 0 fully saturated rings. The van der Waals surface area contributed by atoms with E-state index in [0.29, 0.717) is 28.3 Å². The second kappa shape index (κ2) is 8.90. The van der Waals surface area contributed by atoms with Crippen LogP contribution in [0.4, 0.5) is 0 Å². The van der Waals surface area contributed by atoms with Gasteiger partial charge < -0.3 is 13.5 Å². The number of hydrogen-bond acceptors (Lipinski definition) is 4. The van der Waals surface area contributed by atoms with Crippen LogP contribution in [0.15, 0.2) is 65.1 Å². The molecule has 142 valence electrons. The third-order valence-electron chi connectivity index (χ3n) is 3.98. The van der Waals surface area contributed by atoms with E-state index in [4.69, 9.17) is 25.1 Å². The Kier molecular flexibility index (Phi) is 6.56. The summed E-state index contributed by atoms with van der Waals surface area (Å²) in [7, 11) is -3.50. The number of rotatable bonds is 8. The Morgan fingerprint density at radius 3 is 2.19 bits per heavy atom. The maximum absolute atomic E-state index is 13.4. The average Bonchev–Trinajstić information content (AvgIpc) is 3.08. The molecule has 2 aromatic carbocycles. The molecule has 1 heterocycles. The van der Waals surface area contributed by atoms with E-state index in [-0.39, 0.29) is 13.2 Å². The molecule has 1 aromatic heterocycles. The third kappa shape index (κ3) is 4.72. The first-order valence-corrected chi connectivity index (χ1v) is 10.8. The molecule has 0 bridgehead atoms. The molecule has 0 aliphatic carbocycles. The maximum atomic E-state index is 13.4. The van der Waals surface area contributed by atoms with Crippen molar-refractivity contribution in [2.75, 3.05) is 13.2 Å². The minimum Gasteiger partial charge on any atom is -0.460 e. The first kappa shape index (κ1) is 19.9. The number of hydrogen-bond donors (Lipinski definition) is 0. The standard InChI is InChI=1S/C21H22ClO4P/c1-3-24-27(23,25-4-2)20-15-19(14-16-8-6-5-7-9-16)26-21(20)17-10-12-18(22)13-11-17/h5-13,15H,3-4,14H2,1-2H3. The molecule has 0 aliphatic heterocycles. The van der Waals surface area contributed by atoms with E-state index >= 15 is 0 Å². The fraction of sp³-hybridized carbons (Fsp3) is 0.238. The van der Waals surface area contributed by atoms with E-state index in [1.807, 2.05) is 42.5 Å². The number of benzene rings is 2. The summed E-state index contributed by atoms with van der Waals surface area (Å²) in [6, 6.07) is 19.0. The van der Waals surface area contributed by atoms with Crippen molar-refractivity contribution in [3.63, 3.8) is 0 Å². The Hall–Kier alpha value is -1.84.